The molecule has 1 aromatic rings. The number of ether oxygens (including phenoxy) is 1. The molecule has 0 amide bonds. The summed E-state index contributed by atoms with van der Waals surface area (Å²) in [5.41, 5.74) is 1.05. The van der Waals surface area contributed by atoms with Crippen LogP contribution in [0.2, 0.25) is 0 Å². The van der Waals surface area contributed by atoms with E-state index in [1.54, 1.807) is 0 Å². The topological polar surface area (TPSA) is 59.1 Å². The fourth-order valence-corrected chi connectivity index (χ4v) is 1.80. The Morgan fingerprint density at radius 2 is 1.85 bits per heavy atom. The van der Waals surface area contributed by atoms with Gasteiger partial charge in [-0.3, -0.25) is 0 Å². The molecule has 0 spiro atoms. The molecule has 2 N–H and O–H groups in total. The van der Waals surface area contributed by atoms with Crippen LogP contribution in [-0.2, 0) is 4.74 Å². The fraction of sp³-hybridized carbons (Fsp3) is 0.733. The third-order valence-electron chi connectivity index (χ3n) is 3.10. The van der Waals surface area contributed by atoms with Crippen LogP contribution in [0.15, 0.2) is 0 Å². The van der Waals surface area contributed by atoms with E-state index < -0.39 is 0 Å². The average Bonchev–Trinajstić information content (AvgIpc) is 2.44. The first kappa shape index (κ1) is 16.7. The van der Waals surface area contributed by atoms with Crippen molar-refractivity contribution in [2.24, 2.45) is 0 Å². The van der Waals surface area contributed by atoms with Gasteiger partial charge in [-0.25, -0.2) is 9.97 Å². The number of rotatable bonds is 9. The molecule has 1 rings (SSSR count). The van der Waals surface area contributed by atoms with E-state index in [0.717, 1.165) is 42.6 Å². The lowest BCUT2D eigenvalue weighted by molar-refractivity contribution is 0.141. The van der Waals surface area contributed by atoms with E-state index >= 15 is 0 Å². The Morgan fingerprint density at radius 1 is 1.15 bits per heavy atom. The predicted molar refractivity (Wildman–Crippen MR) is 84.6 cm³/mol. The van der Waals surface area contributed by atoms with Gasteiger partial charge in [-0.1, -0.05) is 27.2 Å². The first-order chi connectivity index (χ1) is 9.60. The van der Waals surface area contributed by atoms with Gasteiger partial charge in [0.1, 0.15) is 17.5 Å². The van der Waals surface area contributed by atoms with E-state index in [1.807, 2.05) is 14.0 Å². The van der Waals surface area contributed by atoms with Gasteiger partial charge in [-0.05, 0) is 13.3 Å². The van der Waals surface area contributed by atoms with Crippen LogP contribution in [0.25, 0.3) is 0 Å². The molecule has 0 aliphatic heterocycles. The molecular weight excluding hydrogens is 252 g/mol. The summed E-state index contributed by atoms with van der Waals surface area (Å²) in [6.45, 7) is 10.7. The second kappa shape index (κ2) is 8.74. The Bertz CT molecular complexity index is 407. The predicted octanol–water partition coefficient (Wildman–Crippen LogP) is 3.18. The molecule has 114 valence electrons. The molecule has 5 nitrogen and oxygen atoms in total. The Hall–Kier alpha value is -1.36. The zero-order chi connectivity index (χ0) is 15.0. The maximum atomic E-state index is 5.55. The Balaban J connectivity index is 2.61. The second-order valence-corrected chi connectivity index (χ2v) is 5.20. The van der Waals surface area contributed by atoms with Crippen molar-refractivity contribution in [3.8, 4) is 0 Å². The van der Waals surface area contributed by atoms with E-state index in [4.69, 9.17) is 4.74 Å². The summed E-state index contributed by atoms with van der Waals surface area (Å²) in [6.07, 6.45) is 2.29. The van der Waals surface area contributed by atoms with E-state index in [1.165, 1.54) is 6.42 Å². The lowest BCUT2D eigenvalue weighted by Crippen LogP contribution is -2.14. The van der Waals surface area contributed by atoms with Crippen LogP contribution >= 0.6 is 0 Å². The molecule has 0 aliphatic rings. The van der Waals surface area contributed by atoms with Crippen molar-refractivity contribution in [3.63, 3.8) is 0 Å². The minimum atomic E-state index is 0.309. The summed E-state index contributed by atoms with van der Waals surface area (Å²) in [5.74, 6) is 2.95. The van der Waals surface area contributed by atoms with Gasteiger partial charge < -0.3 is 15.4 Å². The summed E-state index contributed by atoms with van der Waals surface area (Å²) in [4.78, 5) is 9.12. The van der Waals surface area contributed by atoms with Gasteiger partial charge in [-0.15, -0.1) is 0 Å². The average molecular weight is 280 g/mol. The number of hydrogen-bond donors (Lipinski definition) is 2. The molecule has 1 aromatic heterocycles. The lowest BCUT2D eigenvalue weighted by Gasteiger charge is -2.15. The van der Waals surface area contributed by atoms with Crippen LogP contribution in [0.3, 0.4) is 0 Å². The van der Waals surface area contributed by atoms with Crippen molar-refractivity contribution in [1.82, 2.24) is 9.97 Å². The van der Waals surface area contributed by atoms with Gasteiger partial charge in [0.25, 0.3) is 0 Å². The summed E-state index contributed by atoms with van der Waals surface area (Å²) >= 11 is 0. The largest absolute Gasteiger partial charge is 0.380 e. The minimum Gasteiger partial charge on any atom is -0.380 e. The molecule has 1 heterocycles. The lowest BCUT2D eigenvalue weighted by atomic mass is 10.2. The monoisotopic (exact) mass is 280 g/mol. The summed E-state index contributed by atoms with van der Waals surface area (Å²) in [6, 6.07) is 0. The van der Waals surface area contributed by atoms with E-state index in [-0.39, 0.29) is 0 Å². The minimum absolute atomic E-state index is 0.309. The summed E-state index contributed by atoms with van der Waals surface area (Å²) in [7, 11) is 1.89. The second-order valence-electron chi connectivity index (χ2n) is 5.20. The van der Waals surface area contributed by atoms with Crippen LogP contribution in [0, 0.1) is 6.92 Å². The van der Waals surface area contributed by atoms with Gasteiger partial charge >= 0.3 is 0 Å². The molecule has 0 fully saturated rings. The SMILES string of the molecule is CCCCOCCNc1nc(C(C)C)nc(NC)c1C. The third-order valence-corrected chi connectivity index (χ3v) is 3.10. The van der Waals surface area contributed by atoms with Gasteiger partial charge in [0.15, 0.2) is 0 Å². The van der Waals surface area contributed by atoms with Crippen LogP contribution < -0.4 is 10.6 Å². The molecule has 0 saturated carbocycles. The van der Waals surface area contributed by atoms with Crippen LogP contribution in [-0.4, -0.2) is 36.8 Å². The maximum Gasteiger partial charge on any atom is 0.135 e. The third kappa shape index (κ3) is 4.96. The molecule has 0 saturated heterocycles. The van der Waals surface area contributed by atoms with Gasteiger partial charge in [0, 0.05) is 31.7 Å². The number of nitrogens with one attached hydrogen (secondary N) is 2. The molecule has 0 aromatic carbocycles. The molecular formula is C15H28N4O. The zero-order valence-corrected chi connectivity index (χ0v) is 13.4. The highest BCUT2D eigenvalue weighted by molar-refractivity contribution is 5.57. The van der Waals surface area contributed by atoms with Crippen molar-refractivity contribution in [2.45, 2.75) is 46.5 Å². The summed E-state index contributed by atoms with van der Waals surface area (Å²) in [5, 5.41) is 6.47. The van der Waals surface area contributed by atoms with E-state index in [0.29, 0.717) is 12.5 Å². The molecule has 0 radical (unpaired) electrons. The molecule has 5 heteroatoms. The van der Waals surface area contributed by atoms with Gasteiger partial charge in [-0.2, -0.15) is 0 Å². The molecule has 0 aliphatic carbocycles. The molecule has 20 heavy (non-hydrogen) atoms. The number of aromatic nitrogens is 2. The Labute approximate surface area is 122 Å². The van der Waals surface area contributed by atoms with E-state index in [9.17, 15) is 0 Å². The Kier molecular flexibility index (Phi) is 7.30. The number of nitrogens with zero attached hydrogens (tertiary/aromatic N) is 2. The smallest absolute Gasteiger partial charge is 0.135 e. The first-order valence-corrected chi connectivity index (χ1v) is 7.48. The quantitative estimate of drug-likeness (QED) is 0.680. The van der Waals surface area contributed by atoms with E-state index in [2.05, 4.69) is 41.4 Å². The molecule has 0 atom stereocenters. The van der Waals surface area contributed by atoms with Crippen LogP contribution in [0.4, 0.5) is 11.6 Å². The number of hydrogen-bond acceptors (Lipinski definition) is 5. The van der Waals surface area contributed by atoms with Gasteiger partial charge in [0.2, 0.25) is 0 Å². The first-order valence-electron chi connectivity index (χ1n) is 7.48. The number of anilines is 2. The number of unbranched alkanes of at least 4 members (excludes halogenated alkanes) is 1. The zero-order valence-electron chi connectivity index (χ0n) is 13.4. The van der Waals surface area contributed by atoms with Crippen molar-refractivity contribution in [3.05, 3.63) is 11.4 Å². The molecule has 0 unspecified atom stereocenters. The molecule has 0 bridgehead atoms. The Morgan fingerprint density at radius 3 is 2.45 bits per heavy atom. The highest BCUT2D eigenvalue weighted by Crippen LogP contribution is 2.22. The fourth-order valence-electron chi connectivity index (χ4n) is 1.80. The normalized spacial score (nSPS) is 10.9. The summed E-state index contributed by atoms with van der Waals surface area (Å²) < 4.78 is 5.55. The van der Waals surface area contributed by atoms with Crippen molar-refractivity contribution in [1.29, 1.82) is 0 Å². The maximum absolute atomic E-state index is 5.55. The highest BCUT2D eigenvalue weighted by Gasteiger charge is 2.11. The highest BCUT2D eigenvalue weighted by atomic mass is 16.5. The van der Waals surface area contributed by atoms with Crippen molar-refractivity contribution < 1.29 is 4.74 Å². The van der Waals surface area contributed by atoms with Crippen LogP contribution in [0.1, 0.15) is 50.9 Å². The van der Waals surface area contributed by atoms with Crippen molar-refractivity contribution in [2.75, 3.05) is 37.4 Å². The van der Waals surface area contributed by atoms with Crippen molar-refractivity contribution >= 4 is 11.6 Å². The van der Waals surface area contributed by atoms with Crippen LogP contribution in [0.5, 0.6) is 0 Å². The van der Waals surface area contributed by atoms with Gasteiger partial charge in [0.05, 0.1) is 6.61 Å². The standard InChI is InChI=1S/C15H28N4O/c1-6-7-9-20-10-8-17-15-12(4)14(16-5)18-13(19-15)11(2)3/h11H,6-10H2,1-5H3,(H2,16,17,18,19).